The maximum Gasteiger partial charge on any atom is 0.306 e. The molecule has 0 aliphatic rings. The Morgan fingerprint density at radius 1 is 0.359 bits per heavy atom. The number of hydrogen-bond donors (Lipinski definition) is 0. The normalized spacial score (nSPS) is 12.9. The van der Waals surface area contributed by atoms with Gasteiger partial charge in [-0.05, 0) is 116 Å². The molecule has 5 heteroatoms. The van der Waals surface area contributed by atoms with Crippen LogP contribution in [0.1, 0.15) is 252 Å². The molecule has 64 heavy (non-hydrogen) atoms. The van der Waals surface area contributed by atoms with Crippen molar-refractivity contribution in [3.63, 3.8) is 0 Å². The van der Waals surface area contributed by atoms with Crippen molar-refractivity contribution in [3.05, 3.63) is 85.1 Å². The second-order valence-electron chi connectivity index (χ2n) is 17.7. The molecular formula is C59H102O5. The summed E-state index contributed by atoms with van der Waals surface area (Å²) in [4.78, 5) is 25.5. The van der Waals surface area contributed by atoms with Crippen LogP contribution < -0.4 is 0 Å². The molecule has 5 nitrogen and oxygen atoms in total. The SMILES string of the molecule is CC/C=C\C/C=C\C/C=C\CCCCCCCC(=O)OC(COCCCCCCCC/C=C\C/C=C\CCCCC)COC(=O)CCCCCCCCC/C=C\C/C=C\CCCCC. The molecule has 0 fully saturated rings. The van der Waals surface area contributed by atoms with E-state index >= 15 is 0 Å². The van der Waals surface area contributed by atoms with E-state index in [0.717, 1.165) is 89.9 Å². The molecule has 0 saturated heterocycles. The van der Waals surface area contributed by atoms with Gasteiger partial charge in [-0.15, -0.1) is 0 Å². The Morgan fingerprint density at radius 3 is 1.12 bits per heavy atom. The maximum atomic E-state index is 12.8. The van der Waals surface area contributed by atoms with Crippen LogP contribution in [0, 0.1) is 0 Å². The van der Waals surface area contributed by atoms with Crippen LogP contribution in [0.4, 0.5) is 0 Å². The number of carbonyl (C=O) groups excluding carboxylic acids is 2. The second kappa shape index (κ2) is 54.4. The lowest BCUT2D eigenvalue weighted by atomic mass is 10.1. The van der Waals surface area contributed by atoms with Crippen LogP contribution in [0.3, 0.4) is 0 Å². The van der Waals surface area contributed by atoms with Gasteiger partial charge in [0, 0.05) is 19.4 Å². The molecule has 0 bridgehead atoms. The zero-order chi connectivity index (χ0) is 46.3. The summed E-state index contributed by atoms with van der Waals surface area (Å²) in [6.07, 6.45) is 71.6. The molecule has 0 saturated carbocycles. The van der Waals surface area contributed by atoms with Crippen LogP contribution in [0.15, 0.2) is 85.1 Å². The van der Waals surface area contributed by atoms with Crippen molar-refractivity contribution in [2.24, 2.45) is 0 Å². The number of rotatable bonds is 49. The Labute approximate surface area is 397 Å². The molecular weight excluding hydrogens is 789 g/mol. The Kier molecular flexibility index (Phi) is 51.9. The first-order chi connectivity index (χ1) is 31.6. The van der Waals surface area contributed by atoms with Crippen LogP contribution in [0.2, 0.25) is 0 Å². The predicted octanol–water partition coefficient (Wildman–Crippen LogP) is 18.5. The molecule has 1 atom stereocenters. The maximum absolute atomic E-state index is 12.8. The molecule has 0 N–H and O–H groups in total. The van der Waals surface area contributed by atoms with Crippen LogP contribution in [-0.2, 0) is 23.8 Å². The minimum absolute atomic E-state index is 0.0666. The van der Waals surface area contributed by atoms with E-state index in [1.807, 2.05) is 0 Å². The summed E-state index contributed by atoms with van der Waals surface area (Å²) in [6.45, 7) is 7.63. The van der Waals surface area contributed by atoms with Crippen LogP contribution in [-0.4, -0.2) is 37.9 Å². The molecule has 0 aliphatic carbocycles. The largest absolute Gasteiger partial charge is 0.462 e. The van der Waals surface area contributed by atoms with Gasteiger partial charge in [0.2, 0.25) is 0 Å². The van der Waals surface area contributed by atoms with Crippen LogP contribution in [0.25, 0.3) is 0 Å². The molecule has 0 rings (SSSR count). The first-order valence-corrected chi connectivity index (χ1v) is 27.1. The standard InChI is InChI=1S/C59H102O5/c1-4-7-10-13-16-19-22-25-28-30-32-34-37-40-43-46-49-52-58(60)63-56-57(55-62-54-51-48-45-42-39-36-33-29-26-23-20-17-14-11-8-5-2)64-59(61)53-50-47-44-41-38-35-31-27-24-21-18-15-12-9-6-3/h9,12,16-21,25-29,31,57H,4-8,10-11,13-15,22-24,30,32-56H2,1-3H3/b12-9-,19-16-,20-17-,21-18-,28-25-,29-26-,31-27-. The van der Waals surface area contributed by atoms with Crippen molar-refractivity contribution < 1.29 is 23.8 Å². The number of allylic oxidation sites excluding steroid dienone is 14. The van der Waals surface area contributed by atoms with Crippen molar-refractivity contribution in [2.75, 3.05) is 19.8 Å². The van der Waals surface area contributed by atoms with Crippen molar-refractivity contribution in [2.45, 2.75) is 258 Å². The van der Waals surface area contributed by atoms with Gasteiger partial charge in [-0.3, -0.25) is 9.59 Å². The van der Waals surface area contributed by atoms with Crippen molar-refractivity contribution in [1.82, 2.24) is 0 Å². The summed E-state index contributed by atoms with van der Waals surface area (Å²) < 4.78 is 17.4. The molecule has 0 amide bonds. The highest BCUT2D eigenvalue weighted by molar-refractivity contribution is 5.70. The smallest absolute Gasteiger partial charge is 0.306 e. The summed E-state index contributed by atoms with van der Waals surface area (Å²) in [5.41, 5.74) is 0. The number of esters is 2. The zero-order valence-electron chi connectivity index (χ0n) is 42.3. The molecule has 0 aliphatic heterocycles. The van der Waals surface area contributed by atoms with E-state index in [1.54, 1.807) is 0 Å². The van der Waals surface area contributed by atoms with Crippen molar-refractivity contribution in [1.29, 1.82) is 0 Å². The van der Waals surface area contributed by atoms with Gasteiger partial charge >= 0.3 is 11.9 Å². The second-order valence-corrected chi connectivity index (χ2v) is 17.7. The summed E-state index contributed by atoms with van der Waals surface area (Å²) >= 11 is 0. The molecule has 0 aromatic heterocycles. The summed E-state index contributed by atoms with van der Waals surface area (Å²) in [5, 5.41) is 0. The van der Waals surface area contributed by atoms with Crippen molar-refractivity contribution in [3.8, 4) is 0 Å². The first kappa shape index (κ1) is 61.1. The van der Waals surface area contributed by atoms with E-state index < -0.39 is 6.10 Å². The molecule has 1 unspecified atom stereocenters. The fraction of sp³-hybridized carbons (Fsp3) is 0.729. The number of unbranched alkanes of at least 4 members (excludes halogenated alkanes) is 24. The average molecular weight is 891 g/mol. The van der Waals surface area contributed by atoms with Gasteiger partial charge in [-0.2, -0.15) is 0 Å². The number of ether oxygens (including phenoxy) is 3. The van der Waals surface area contributed by atoms with Crippen molar-refractivity contribution >= 4 is 11.9 Å². The molecule has 368 valence electrons. The highest BCUT2D eigenvalue weighted by Crippen LogP contribution is 2.14. The summed E-state index contributed by atoms with van der Waals surface area (Å²) in [7, 11) is 0. The van der Waals surface area contributed by atoms with E-state index in [1.165, 1.54) is 128 Å². The van der Waals surface area contributed by atoms with Gasteiger partial charge in [-0.1, -0.05) is 209 Å². The Morgan fingerprint density at radius 2 is 0.703 bits per heavy atom. The lowest BCUT2D eigenvalue weighted by Gasteiger charge is -2.18. The molecule has 0 radical (unpaired) electrons. The molecule has 0 aromatic rings. The van der Waals surface area contributed by atoms with E-state index in [9.17, 15) is 9.59 Å². The molecule has 0 aromatic carbocycles. The highest BCUT2D eigenvalue weighted by atomic mass is 16.6. The zero-order valence-corrected chi connectivity index (χ0v) is 42.3. The third-order valence-corrected chi connectivity index (χ3v) is 11.4. The average Bonchev–Trinajstić information content (AvgIpc) is 3.30. The van der Waals surface area contributed by atoms with Gasteiger partial charge in [0.15, 0.2) is 6.10 Å². The molecule has 0 heterocycles. The minimum Gasteiger partial charge on any atom is -0.462 e. The van der Waals surface area contributed by atoms with Gasteiger partial charge in [0.1, 0.15) is 6.61 Å². The van der Waals surface area contributed by atoms with Gasteiger partial charge in [0.25, 0.3) is 0 Å². The monoisotopic (exact) mass is 891 g/mol. The Balaban J connectivity index is 4.34. The quantitative estimate of drug-likeness (QED) is 0.0346. The highest BCUT2D eigenvalue weighted by Gasteiger charge is 2.17. The fourth-order valence-corrected chi connectivity index (χ4v) is 7.35. The van der Waals surface area contributed by atoms with E-state index in [0.29, 0.717) is 19.4 Å². The van der Waals surface area contributed by atoms with Gasteiger partial charge in [-0.25, -0.2) is 0 Å². The third kappa shape index (κ3) is 51.7. The Bertz CT molecular complexity index is 1190. The molecule has 0 spiro atoms. The fourth-order valence-electron chi connectivity index (χ4n) is 7.35. The third-order valence-electron chi connectivity index (χ3n) is 11.4. The lowest BCUT2D eigenvalue weighted by molar-refractivity contribution is -0.163. The van der Waals surface area contributed by atoms with Gasteiger partial charge < -0.3 is 14.2 Å². The lowest BCUT2D eigenvalue weighted by Crippen LogP contribution is -2.30. The van der Waals surface area contributed by atoms with E-state index in [2.05, 4.69) is 106 Å². The predicted molar refractivity (Wildman–Crippen MR) is 279 cm³/mol. The summed E-state index contributed by atoms with van der Waals surface area (Å²) in [6, 6.07) is 0. The first-order valence-electron chi connectivity index (χ1n) is 27.1. The van der Waals surface area contributed by atoms with Crippen LogP contribution >= 0.6 is 0 Å². The summed E-state index contributed by atoms with van der Waals surface area (Å²) in [5.74, 6) is -0.430. The number of carbonyl (C=O) groups is 2. The van der Waals surface area contributed by atoms with E-state index in [-0.39, 0.29) is 25.2 Å². The van der Waals surface area contributed by atoms with Gasteiger partial charge in [0.05, 0.1) is 6.61 Å². The number of hydrogen-bond acceptors (Lipinski definition) is 5. The van der Waals surface area contributed by atoms with Crippen LogP contribution in [0.5, 0.6) is 0 Å². The minimum atomic E-state index is -0.558. The Hall–Kier alpha value is -2.92. The van der Waals surface area contributed by atoms with E-state index in [4.69, 9.17) is 14.2 Å². The topological polar surface area (TPSA) is 61.8 Å².